The van der Waals surface area contributed by atoms with E-state index in [9.17, 15) is 35.1 Å². The van der Waals surface area contributed by atoms with E-state index in [-0.39, 0.29) is 18.5 Å². The quantitative estimate of drug-likeness (QED) is 0.0195. The van der Waals surface area contributed by atoms with E-state index in [1.165, 1.54) is 308 Å². The van der Waals surface area contributed by atoms with Crippen molar-refractivity contribution in [3.63, 3.8) is 0 Å². The number of carbonyl (C=O) groups excluding carboxylic acids is 2. The summed E-state index contributed by atoms with van der Waals surface area (Å²) in [5.74, 6) is -0.170. The number of rotatable bonds is 69. The molecule has 0 aliphatic carbocycles. The lowest BCUT2D eigenvalue weighted by molar-refractivity contribution is -0.302. The monoisotopic (exact) mass is 1260 g/mol. The summed E-state index contributed by atoms with van der Waals surface area (Å²) in [6.45, 7) is 4.32. The number of carbonyl (C=O) groups is 2. The molecule has 0 radical (unpaired) electrons. The van der Waals surface area contributed by atoms with Gasteiger partial charge in [0.15, 0.2) is 6.29 Å². The van der Waals surface area contributed by atoms with Gasteiger partial charge in [0, 0.05) is 12.8 Å². The number of hydrogen-bond acceptors (Lipinski definition) is 10. The summed E-state index contributed by atoms with van der Waals surface area (Å²) in [6.07, 6.45) is 77.8. The fraction of sp³-hybridized carbons (Fsp3) is 0.897. The number of nitrogens with one attached hydrogen (secondary N) is 1. The summed E-state index contributed by atoms with van der Waals surface area (Å²) < 4.78 is 16.7. The van der Waals surface area contributed by atoms with Gasteiger partial charge in [-0.1, -0.05) is 339 Å². The van der Waals surface area contributed by atoms with Crippen molar-refractivity contribution in [3.05, 3.63) is 36.5 Å². The fourth-order valence-electron chi connectivity index (χ4n) is 12.4. The van der Waals surface area contributed by atoms with Gasteiger partial charge in [-0.3, -0.25) is 9.59 Å². The van der Waals surface area contributed by atoms with Crippen molar-refractivity contribution in [1.82, 2.24) is 5.32 Å². The molecule has 1 amide bonds. The van der Waals surface area contributed by atoms with Gasteiger partial charge in [0.25, 0.3) is 0 Å². The average molecular weight is 1260 g/mol. The second-order valence-electron chi connectivity index (χ2n) is 27.1. The lowest BCUT2D eigenvalue weighted by atomic mass is 9.99. The smallest absolute Gasteiger partial charge is 0.305 e. The average Bonchev–Trinajstić information content (AvgIpc) is 1.84. The van der Waals surface area contributed by atoms with Gasteiger partial charge in [0.05, 0.1) is 32.0 Å². The van der Waals surface area contributed by atoms with Crippen LogP contribution >= 0.6 is 0 Å². The van der Waals surface area contributed by atoms with Crippen LogP contribution in [0.1, 0.15) is 386 Å². The molecule has 0 bridgehead atoms. The molecule has 1 heterocycles. The van der Waals surface area contributed by atoms with Crippen molar-refractivity contribution in [2.24, 2.45) is 0 Å². The Balaban J connectivity index is 1.86. The van der Waals surface area contributed by atoms with Gasteiger partial charge in [-0.25, -0.2) is 0 Å². The van der Waals surface area contributed by atoms with Gasteiger partial charge < -0.3 is 45.1 Å². The minimum absolute atomic E-state index is 0.0186. The number of esters is 1. The van der Waals surface area contributed by atoms with E-state index >= 15 is 0 Å². The fourth-order valence-corrected chi connectivity index (χ4v) is 12.4. The second kappa shape index (κ2) is 67.3. The SMILES string of the molecule is CCCCC/C=C/CC/C=C/C(O)C(COC1OC(CO)C(O)C(O)C1O)NC(=O)CCCCCCCCCCCCCCCCCCC/C=C\CCCCCCCCCCCCCCCCCCCCOC(=O)CCCCCCCCCCCCCCC. The number of aliphatic hydroxyl groups excluding tert-OH is 5. The minimum atomic E-state index is -1.57. The second-order valence-corrected chi connectivity index (χ2v) is 27.1. The molecule has 11 heteroatoms. The molecule has 0 saturated carbocycles. The van der Waals surface area contributed by atoms with Crippen molar-refractivity contribution in [2.45, 2.75) is 429 Å². The van der Waals surface area contributed by atoms with Gasteiger partial charge in [-0.15, -0.1) is 0 Å². The van der Waals surface area contributed by atoms with Crippen LogP contribution in [0.2, 0.25) is 0 Å². The summed E-state index contributed by atoms with van der Waals surface area (Å²) in [7, 11) is 0. The minimum Gasteiger partial charge on any atom is -0.466 e. The molecule has 0 aromatic carbocycles. The summed E-state index contributed by atoms with van der Waals surface area (Å²) in [6, 6.07) is -0.823. The van der Waals surface area contributed by atoms with Gasteiger partial charge in [0.1, 0.15) is 24.4 Å². The number of amides is 1. The molecule has 0 aromatic heterocycles. The van der Waals surface area contributed by atoms with Crippen LogP contribution in [-0.4, -0.2) is 100 Å². The van der Waals surface area contributed by atoms with Gasteiger partial charge >= 0.3 is 5.97 Å². The highest BCUT2D eigenvalue weighted by molar-refractivity contribution is 5.76. The van der Waals surface area contributed by atoms with Crippen LogP contribution in [0.15, 0.2) is 36.5 Å². The predicted molar refractivity (Wildman–Crippen MR) is 375 cm³/mol. The molecule has 1 aliphatic rings. The van der Waals surface area contributed by atoms with Crippen LogP contribution in [0.25, 0.3) is 0 Å². The van der Waals surface area contributed by atoms with Crippen LogP contribution in [0.4, 0.5) is 0 Å². The highest BCUT2D eigenvalue weighted by atomic mass is 16.7. The zero-order valence-corrected chi connectivity index (χ0v) is 58.4. The van der Waals surface area contributed by atoms with Crippen LogP contribution in [0.3, 0.4) is 0 Å². The lowest BCUT2D eigenvalue weighted by Crippen LogP contribution is -2.60. The maximum atomic E-state index is 13.0. The Morgan fingerprint density at radius 3 is 1.13 bits per heavy atom. The standard InChI is InChI=1S/C78H147NO10/c1-3-5-7-9-11-13-14-42-46-50-54-58-62-66-74(83)87-67-63-59-55-51-47-44-41-39-37-35-33-31-29-27-25-23-21-19-17-15-16-18-20-22-24-26-28-30-32-34-36-38-40-43-45-49-53-57-61-65-73(82)79-70(71(81)64-60-56-52-48-12-10-8-6-4-2)69-88-78-77(86)76(85)75(84)72(68-80)89-78/h12,15-16,48,60,64,70-72,75-78,80-81,84-86H,3-11,13-14,17-47,49-59,61-63,65-69H2,1-2H3,(H,79,82)/b16-15-,48-12+,64-60+. The van der Waals surface area contributed by atoms with Crippen LogP contribution in [-0.2, 0) is 23.8 Å². The zero-order valence-electron chi connectivity index (χ0n) is 58.4. The first-order chi connectivity index (χ1) is 43.7. The molecule has 0 spiro atoms. The Morgan fingerprint density at radius 2 is 0.730 bits per heavy atom. The molecular formula is C78H147NO10. The maximum Gasteiger partial charge on any atom is 0.305 e. The highest BCUT2D eigenvalue weighted by Gasteiger charge is 2.44. The molecule has 1 saturated heterocycles. The van der Waals surface area contributed by atoms with Crippen LogP contribution in [0, 0.1) is 0 Å². The van der Waals surface area contributed by atoms with Crippen molar-refractivity contribution < 1.29 is 49.3 Å². The highest BCUT2D eigenvalue weighted by Crippen LogP contribution is 2.24. The first-order valence-electron chi connectivity index (χ1n) is 38.8. The van der Waals surface area contributed by atoms with Crippen molar-refractivity contribution >= 4 is 11.9 Å². The molecule has 6 N–H and O–H groups in total. The summed E-state index contributed by atoms with van der Waals surface area (Å²) in [4.78, 5) is 25.1. The number of hydrogen-bond donors (Lipinski definition) is 6. The number of allylic oxidation sites excluding steroid dienone is 5. The number of ether oxygens (including phenoxy) is 3. The molecule has 89 heavy (non-hydrogen) atoms. The Kier molecular flexibility index (Phi) is 64.2. The molecule has 1 fully saturated rings. The zero-order chi connectivity index (χ0) is 64.4. The third-order valence-electron chi connectivity index (χ3n) is 18.5. The Bertz CT molecular complexity index is 1570. The molecule has 7 atom stereocenters. The van der Waals surface area contributed by atoms with E-state index in [1.807, 2.05) is 6.08 Å². The topological polar surface area (TPSA) is 175 Å². The molecule has 0 aromatic rings. The Labute approximate surface area is 549 Å². The number of unbranched alkanes of at least 4 members (excludes halogenated alkanes) is 51. The lowest BCUT2D eigenvalue weighted by Gasteiger charge is -2.40. The van der Waals surface area contributed by atoms with Gasteiger partial charge in [-0.05, 0) is 70.6 Å². The molecule has 11 nitrogen and oxygen atoms in total. The normalized spacial score (nSPS) is 17.9. The van der Waals surface area contributed by atoms with Gasteiger partial charge in [0.2, 0.25) is 5.91 Å². The summed E-state index contributed by atoms with van der Waals surface area (Å²) in [5.41, 5.74) is 0. The van der Waals surface area contributed by atoms with Crippen molar-refractivity contribution in [2.75, 3.05) is 19.8 Å². The first-order valence-corrected chi connectivity index (χ1v) is 38.8. The van der Waals surface area contributed by atoms with Crippen molar-refractivity contribution in [1.29, 1.82) is 0 Å². The van der Waals surface area contributed by atoms with Crippen LogP contribution < -0.4 is 5.32 Å². The summed E-state index contributed by atoms with van der Waals surface area (Å²) in [5, 5.41) is 54.3. The molecule has 1 rings (SSSR count). The third-order valence-corrected chi connectivity index (χ3v) is 18.5. The first kappa shape index (κ1) is 84.9. The van der Waals surface area contributed by atoms with Crippen molar-refractivity contribution in [3.8, 4) is 0 Å². The molecular weight excluding hydrogens is 1110 g/mol. The Morgan fingerprint density at radius 1 is 0.404 bits per heavy atom. The summed E-state index contributed by atoms with van der Waals surface area (Å²) >= 11 is 0. The van der Waals surface area contributed by atoms with E-state index in [1.54, 1.807) is 6.08 Å². The third kappa shape index (κ3) is 56.0. The number of aliphatic hydroxyl groups is 5. The largest absolute Gasteiger partial charge is 0.466 e. The molecule has 7 unspecified atom stereocenters. The predicted octanol–water partition coefficient (Wildman–Crippen LogP) is 20.5. The van der Waals surface area contributed by atoms with Gasteiger partial charge in [-0.2, -0.15) is 0 Å². The van der Waals surface area contributed by atoms with E-state index in [0.29, 0.717) is 19.4 Å². The molecule has 524 valence electrons. The van der Waals surface area contributed by atoms with E-state index in [4.69, 9.17) is 14.2 Å². The van der Waals surface area contributed by atoms with E-state index in [2.05, 4.69) is 43.5 Å². The van der Waals surface area contributed by atoms with Crippen LogP contribution in [0.5, 0.6) is 0 Å². The maximum absolute atomic E-state index is 13.0. The molecule has 1 aliphatic heterocycles. The van der Waals surface area contributed by atoms with E-state index in [0.717, 1.165) is 51.4 Å². The Hall–Kier alpha value is -2.12. The van der Waals surface area contributed by atoms with E-state index < -0.39 is 49.5 Å².